The first-order chi connectivity index (χ1) is 11.6. The van der Waals surface area contributed by atoms with Gasteiger partial charge in [-0.25, -0.2) is 9.78 Å². The second-order valence-corrected chi connectivity index (χ2v) is 7.09. The van der Waals surface area contributed by atoms with Gasteiger partial charge in [-0.2, -0.15) is 0 Å². The normalized spacial score (nSPS) is 10.4. The average molecular weight is 355 g/mol. The smallest absolute Gasteiger partial charge is 0.308 e. The predicted octanol–water partition coefficient (Wildman–Crippen LogP) is 5.48. The molecule has 0 atom stereocenters. The maximum Gasteiger partial charge on any atom is 0.323 e. The number of amides is 2. The molecule has 0 aliphatic carbocycles. The highest BCUT2D eigenvalue weighted by Gasteiger charge is 2.06. The van der Waals surface area contributed by atoms with Crippen LogP contribution in [0.15, 0.2) is 58.8 Å². The number of nitrogens with one attached hydrogen (secondary N) is 2. The van der Waals surface area contributed by atoms with Crippen LogP contribution in [0.4, 0.5) is 16.2 Å². The van der Waals surface area contributed by atoms with Crippen molar-refractivity contribution in [2.45, 2.75) is 11.8 Å². The van der Waals surface area contributed by atoms with Crippen molar-refractivity contribution >= 4 is 40.5 Å². The molecular weight excluding hydrogens is 338 g/mol. The molecule has 122 valence electrons. The molecule has 3 aromatic rings. The Morgan fingerprint density at radius 1 is 1.08 bits per heavy atom. The number of thiazole rings is 1. The maximum atomic E-state index is 12.2. The number of urea groups is 1. The molecule has 4 nitrogen and oxygen atoms in total. The summed E-state index contributed by atoms with van der Waals surface area (Å²) in [5.41, 5.74) is 3.41. The summed E-state index contributed by atoms with van der Waals surface area (Å²) in [5.74, 6) is 0. The summed E-state index contributed by atoms with van der Waals surface area (Å²) in [7, 11) is 0. The number of thioether (sulfide) groups is 1. The average Bonchev–Trinajstić information content (AvgIpc) is 3.02. The van der Waals surface area contributed by atoms with Crippen molar-refractivity contribution in [1.82, 2.24) is 4.98 Å². The second kappa shape index (κ2) is 7.51. The van der Waals surface area contributed by atoms with E-state index in [1.807, 2.05) is 67.1 Å². The Morgan fingerprint density at radius 3 is 2.46 bits per heavy atom. The van der Waals surface area contributed by atoms with Crippen molar-refractivity contribution in [1.29, 1.82) is 0 Å². The number of carbonyl (C=O) groups is 1. The standard InChI is InChI=1S/C18H17N3OS2/c1-12-19-17(11-24-12)13-5-3-6-14(9-13)20-18(22)21-15-7-4-8-16(10-15)23-2/h3-11H,1-2H3,(H2,20,21,22). The van der Waals surface area contributed by atoms with Crippen LogP contribution in [-0.4, -0.2) is 17.3 Å². The maximum absolute atomic E-state index is 12.2. The summed E-state index contributed by atoms with van der Waals surface area (Å²) in [5, 5.41) is 8.75. The fraction of sp³-hybridized carbons (Fsp3) is 0.111. The van der Waals surface area contributed by atoms with Gasteiger partial charge in [0.05, 0.1) is 10.7 Å². The number of nitrogens with zero attached hydrogens (tertiary/aromatic N) is 1. The zero-order valence-electron chi connectivity index (χ0n) is 13.4. The van der Waals surface area contributed by atoms with Crippen LogP contribution in [-0.2, 0) is 0 Å². The van der Waals surface area contributed by atoms with Gasteiger partial charge in [0.25, 0.3) is 0 Å². The van der Waals surface area contributed by atoms with Crippen LogP contribution in [0, 0.1) is 6.92 Å². The van der Waals surface area contributed by atoms with Crippen molar-refractivity contribution in [3.05, 3.63) is 58.9 Å². The highest BCUT2D eigenvalue weighted by Crippen LogP contribution is 2.24. The van der Waals surface area contributed by atoms with Gasteiger partial charge < -0.3 is 10.6 Å². The molecule has 0 saturated heterocycles. The van der Waals surface area contributed by atoms with Crippen molar-refractivity contribution in [3.8, 4) is 11.3 Å². The lowest BCUT2D eigenvalue weighted by atomic mass is 10.1. The monoisotopic (exact) mass is 355 g/mol. The zero-order valence-corrected chi connectivity index (χ0v) is 15.0. The Kier molecular flexibility index (Phi) is 5.17. The second-order valence-electron chi connectivity index (χ2n) is 5.14. The molecule has 2 amide bonds. The Balaban J connectivity index is 1.70. The van der Waals surface area contributed by atoms with Gasteiger partial charge in [0.1, 0.15) is 0 Å². The molecule has 0 aliphatic heterocycles. The van der Waals surface area contributed by atoms with Gasteiger partial charge in [0.15, 0.2) is 0 Å². The van der Waals surface area contributed by atoms with Crippen LogP contribution in [0.5, 0.6) is 0 Å². The van der Waals surface area contributed by atoms with E-state index in [2.05, 4.69) is 15.6 Å². The number of benzene rings is 2. The van der Waals surface area contributed by atoms with Crippen LogP contribution in [0.1, 0.15) is 5.01 Å². The minimum atomic E-state index is -0.264. The third-order valence-electron chi connectivity index (χ3n) is 3.36. The third-order valence-corrected chi connectivity index (χ3v) is 4.86. The highest BCUT2D eigenvalue weighted by atomic mass is 32.2. The quantitative estimate of drug-likeness (QED) is 0.609. The van der Waals surface area contributed by atoms with Crippen molar-refractivity contribution < 1.29 is 4.79 Å². The molecule has 0 aliphatic rings. The Bertz CT molecular complexity index is 861. The van der Waals surface area contributed by atoms with Gasteiger partial charge >= 0.3 is 6.03 Å². The topological polar surface area (TPSA) is 54.0 Å². The number of rotatable bonds is 4. The number of hydrogen-bond donors (Lipinski definition) is 2. The number of aryl methyl sites for hydroxylation is 1. The van der Waals surface area contributed by atoms with E-state index in [0.29, 0.717) is 0 Å². The van der Waals surface area contributed by atoms with E-state index >= 15 is 0 Å². The molecule has 0 bridgehead atoms. The van der Waals surface area contributed by atoms with Crippen LogP contribution in [0.3, 0.4) is 0 Å². The summed E-state index contributed by atoms with van der Waals surface area (Å²) in [6.45, 7) is 1.98. The SMILES string of the molecule is CSc1cccc(NC(=O)Nc2cccc(-c3csc(C)n3)c2)c1. The molecule has 0 spiro atoms. The van der Waals surface area contributed by atoms with E-state index in [0.717, 1.165) is 32.5 Å². The summed E-state index contributed by atoms with van der Waals surface area (Å²) in [6.07, 6.45) is 2.00. The van der Waals surface area contributed by atoms with Crippen LogP contribution in [0.25, 0.3) is 11.3 Å². The van der Waals surface area contributed by atoms with E-state index in [-0.39, 0.29) is 6.03 Å². The molecule has 0 radical (unpaired) electrons. The van der Waals surface area contributed by atoms with E-state index in [1.54, 1.807) is 23.1 Å². The van der Waals surface area contributed by atoms with Gasteiger partial charge in [-0.3, -0.25) is 0 Å². The van der Waals surface area contributed by atoms with Crippen LogP contribution >= 0.6 is 23.1 Å². The molecule has 2 aromatic carbocycles. The van der Waals surface area contributed by atoms with Gasteiger partial charge in [-0.15, -0.1) is 23.1 Å². The summed E-state index contributed by atoms with van der Waals surface area (Å²) in [6, 6.07) is 15.2. The highest BCUT2D eigenvalue weighted by molar-refractivity contribution is 7.98. The molecule has 6 heteroatoms. The third kappa shape index (κ3) is 4.15. The lowest BCUT2D eigenvalue weighted by Crippen LogP contribution is -2.19. The lowest BCUT2D eigenvalue weighted by Gasteiger charge is -2.09. The van der Waals surface area contributed by atoms with E-state index in [9.17, 15) is 4.79 Å². The molecule has 1 aromatic heterocycles. The molecule has 3 rings (SSSR count). The lowest BCUT2D eigenvalue weighted by molar-refractivity contribution is 0.262. The first-order valence-corrected chi connectivity index (χ1v) is 9.49. The molecule has 0 fully saturated rings. The van der Waals surface area contributed by atoms with Crippen LogP contribution < -0.4 is 10.6 Å². The molecule has 24 heavy (non-hydrogen) atoms. The summed E-state index contributed by atoms with van der Waals surface area (Å²) < 4.78 is 0. The van der Waals surface area contributed by atoms with Crippen molar-refractivity contribution in [2.24, 2.45) is 0 Å². The van der Waals surface area contributed by atoms with Gasteiger partial charge in [0, 0.05) is 27.2 Å². The first kappa shape index (κ1) is 16.5. The first-order valence-electron chi connectivity index (χ1n) is 7.38. The van der Waals surface area contributed by atoms with Gasteiger partial charge in [-0.05, 0) is 43.5 Å². The Morgan fingerprint density at radius 2 is 1.79 bits per heavy atom. The van der Waals surface area contributed by atoms with Gasteiger partial charge in [0.2, 0.25) is 0 Å². The molecule has 0 unspecified atom stereocenters. The van der Waals surface area contributed by atoms with E-state index < -0.39 is 0 Å². The zero-order chi connectivity index (χ0) is 16.9. The Hall–Kier alpha value is -2.31. The van der Waals surface area contributed by atoms with E-state index in [1.165, 1.54) is 0 Å². The fourth-order valence-electron chi connectivity index (χ4n) is 2.25. The number of anilines is 2. The molecular formula is C18H17N3OS2. The predicted molar refractivity (Wildman–Crippen MR) is 103 cm³/mol. The number of aromatic nitrogens is 1. The minimum absolute atomic E-state index is 0.264. The van der Waals surface area contributed by atoms with Crippen LogP contribution in [0.2, 0.25) is 0 Å². The molecule has 1 heterocycles. The summed E-state index contributed by atoms with van der Waals surface area (Å²) >= 11 is 3.25. The molecule has 2 N–H and O–H groups in total. The Labute approximate surface area is 149 Å². The largest absolute Gasteiger partial charge is 0.323 e. The summed E-state index contributed by atoms with van der Waals surface area (Å²) in [4.78, 5) is 17.8. The van der Waals surface area contributed by atoms with Crippen molar-refractivity contribution in [3.63, 3.8) is 0 Å². The van der Waals surface area contributed by atoms with Gasteiger partial charge in [-0.1, -0.05) is 18.2 Å². The fourth-order valence-corrected chi connectivity index (χ4v) is 3.33. The minimum Gasteiger partial charge on any atom is -0.308 e. The van der Waals surface area contributed by atoms with E-state index in [4.69, 9.17) is 0 Å². The number of carbonyl (C=O) groups excluding carboxylic acids is 1. The van der Waals surface area contributed by atoms with Crippen molar-refractivity contribution in [2.75, 3.05) is 16.9 Å². The molecule has 0 saturated carbocycles. The number of hydrogen-bond acceptors (Lipinski definition) is 4.